The van der Waals surface area contributed by atoms with Gasteiger partial charge in [0.1, 0.15) is 0 Å². The van der Waals surface area contributed by atoms with Crippen LogP contribution in [0.3, 0.4) is 0 Å². The van der Waals surface area contributed by atoms with Crippen LogP contribution in [0.1, 0.15) is 5.56 Å². The van der Waals surface area contributed by atoms with Gasteiger partial charge in [0.15, 0.2) is 0 Å². The van der Waals surface area contributed by atoms with Crippen LogP contribution in [0.5, 0.6) is 0 Å². The summed E-state index contributed by atoms with van der Waals surface area (Å²) in [6, 6.07) is 50.7. The molecule has 6 aromatic carbocycles. The number of rotatable bonds is 5. The van der Waals surface area contributed by atoms with E-state index < -0.39 is 0 Å². The molecule has 46 heavy (non-hydrogen) atoms. The lowest BCUT2D eigenvalue weighted by molar-refractivity contribution is 0.678. The Morgan fingerprint density at radius 3 is 1.91 bits per heavy atom. The maximum atomic E-state index is 2.40. The van der Waals surface area contributed by atoms with Gasteiger partial charge < -0.3 is 9.47 Å². The van der Waals surface area contributed by atoms with Crippen molar-refractivity contribution in [3.63, 3.8) is 0 Å². The van der Waals surface area contributed by atoms with Gasteiger partial charge in [-0.25, -0.2) is 0 Å². The van der Waals surface area contributed by atoms with E-state index in [4.69, 9.17) is 0 Å². The van der Waals surface area contributed by atoms with Crippen molar-refractivity contribution < 1.29 is 0 Å². The second kappa shape index (κ2) is 10.9. The average Bonchev–Trinajstić information content (AvgIpc) is 3.45. The Kier molecular flexibility index (Phi) is 6.31. The molecule has 2 atom stereocenters. The summed E-state index contributed by atoms with van der Waals surface area (Å²) in [5.41, 5.74) is 9.61. The highest BCUT2D eigenvalue weighted by molar-refractivity contribution is 6.13. The lowest BCUT2D eigenvalue weighted by atomic mass is 9.77. The van der Waals surface area contributed by atoms with Gasteiger partial charge in [-0.15, -0.1) is 0 Å². The SMILES string of the molecule is C1=CC2C=CC=C(c3ccc(N(c4ccccc4)c4ccc(-n5c6ccccc6c6cc7ccccc7cc65)cc4)cc3)C2C=C1. The van der Waals surface area contributed by atoms with Gasteiger partial charge in [-0.2, -0.15) is 0 Å². The second-order valence-corrected chi connectivity index (χ2v) is 12.2. The number of aromatic nitrogens is 1. The van der Waals surface area contributed by atoms with E-state index in [1.54, 1.807) is 0 Å². The predicted molar refractivity (Wildman–Crippen MR) is 195 cm³/mol. The highest BCUT2D eigenvalue weighted by Crippen LogP contribution is 2.40. The van der Waals surface area contributed by atoms with E-state index in [0.717, 1.165) is 22.7 Å². The maximum absolute atomic E-state index is 2.40. The van der Waals surface area contributed by atoms with E-state index in [2.05, 4.69) is 192 Å². The summed E-state index contributed by atoms with van der Waals surface area (Å²) in [7, 11) is 0. The molecule has 1 aromatic heterocycles. The molecule has 9 rings (SSSR count). The van der Waals surface area contributed by atoms with Crippen molar-refractivity contribution >= 4 is 55.2 Å². The summed E-state index contributed by atoms with van der Waals surface area (Å²) >= 11 is 0. The molecule has 0 bridgehead atoms. The molecule has 218 valence electrons. The molecular formula is C44H32N2. The Morgan fingerprint density at radius 2 is 1.11 bits per heavy atom. The minimum Gasteiger partial charge on any atom is -0.311 e. The fraction of sp³-hybridized carbons (Fsp3) is 0.0455. The number of hydrogen-bond donors (Lipinski definition) is 0. The van der Waals surface area contributed by atoms with Crippen LogP contribution in [0.4, 0.5) is 17.1 Å². The standard InChI is InChI=1S/C44H32N2/c1-2-15-35(16-3-1)45(36-23-21-32(22-24-36)40-19-10-14-31-11-6-7-17-39(31)40)37-25-27-38(28-26-37)46-43-20-9-8-18-41(43)42-29-33-12-4-5-13-34(33)30-44(42)46/h1-31,39H. The van der Waals surface area contributed by atoms with Gasteiger partial charge in [0, 0.05) is 45.4 Å². The van der Waals surface area contributed by atoms with Crippen LogP contribution in [0.15, 0.2) is 182 Å². The van der Waals surface area contributed by atoms with Gasteiger partial charge in [0.05, 0.1) is 11.0 Å². The van der Waals surface area contributed by atoms with Crippen LogP contribution < -0.4 is 4.90 Å². The fourth-order valence-corrected chi connectivity index (χ4v) is 7.32. The molecule has 2 aliphatic carbocycles. The Hall–Kier alpha value is -5.86. The molecule has 2 nitrogen and oxygen atoms in total. The first-order valence-corrected chi connectivity index (χ1v) is 16.0. The van der Waals surface area contributed by atoms with Crippen molar-refractivity contribution in [3.05, 3.63) is 188 Å². The average molecular weight is 589 g/mol. The fourth-order valence-electron chi connectivity index (χ4n) is 7.32. The number of allylic oxidation sites excluding steroid dienone is 8. The summed E-state index contributed by atoms with van der Waals surface area (Å²) in [6.07, 6.45) is 15.7. The largest absolute Gasteiger partial charge is 0.311 e. The minimum absolute atomic E-state index is 0.387. The van der Waals surface area contributed by atoms with Gasteiger partial charge in [0.2, 0.25) is 0 Å². The number of fused-ring (bicyclic) bond motifs is 5. The van der Waals surface area contributed by atoms with Gasteiger partial charge in [0.25, 0.3) is 0 Å². The van der Waals surface area contributed by atoms with Crippen LogP contribution in [-0.2, 0) is 0 Å². The molecule has 7 aromatic rings. The third-order valence-corrected chi connectivity index (χ3v) is 9.53. The normalized spacial score (nSPS) is 17.0. The Balaban J connectivity index is 1.12. The van der Waals surface area contributed by atoms with Crippen molar-refractivity contribution in [2.75, 3.05) is 4.90 Å². The molecule has 0 fully saturated rings. The Morgan fingerprint density at radius 1 is 0.478 bits per heavy atom. The highest BCUT2D eigenvalue weighted by Gasteiger charge is 2.24. The molecule has 0 aliphatic heterocycles. The zero-order chi connectivity index (χ0) is 30.5. The summed E-state index contributed by atoms with van der Waals surface area (Å²) < 4.78 is 2.40. The number of benzene rings is 6. The molecule has 0 amide bonds. The molecule has 0 N–H and O–H groups in total. The zero-order valence-corrected chi connectivity index (χ0v) is 25.4. The molecule has 2 aliphatic rings. The molecule has 0 saturated heterocycles. The summed E-state index contributed by atoms with van der Waals surface area (Å²) in [5, 5.41) is 5.06. The summed E-state index contributed by atoms with van der Waals surface area (Å²) in [6.45, 7) is 0. The third kappa shape index (κ3) is 4.42. The first kappa shape index (κ1) is 26.5. The van der Waals surface area contributed by atoms with Crippen LogP contribution in [-0.4, -0.2) is 4.57 Å². The predicted octanol–water partition coefficient (Wildman–Crippen LogP) is 11.7. The van der Waals surface area contributed by atoms with Crippen LogP contribution in [0.2, 0.25) is 0 Å². The van der Waals surface area contributed by atoms with E-state index in [0.29, 0.717) is 11.8 Å². The molecule has 2 unspecified atom stereocenters. The zero-order valence-electron chi connectivity index (χ0n) is 25.4. The van der Waals surface area contributed by atoms with Crippen molar-refractivity contribution in [2.45, 2.75) is 0 Å². The lowest BCUT2D eigenvalue weighted by Gasteiger charge is -2.28. The van der Waals surface area contributed by atoms with Gasteiger partial charge >= 0.3 is 0 Å². The van der Waals surface area contributed by atoms with Crippen molar-refractivity contribution in [3.8, 4) is 5.69 Å². The summed E-state index contributed by atoms with van der Waals surface area (Å²) in [4.78, 5) is 2.34. The summed E-state index contributed by atoms with van der Waals surface area (Å²) in [5.74, 6) is 0.815. The molecule has 1 heterocycles. The smallest absolute Gasteiger partial charge is 0.0547 e. The van der Waals surface area contributed by atoms with Crippen molar-refractivity contribution in [2.24, 2.45) is 11.8 Å². The van der Waals surface area contributed by atoms with Crippen molar-refractivity contribution in [1.82, 2.24) is 4.57 Å². The molecule has 2 heteroatoms. The number of nitrogens with zero attached hydrogens (tertiary/aromatic N) is 2. The van der Waals surface area contributed by atoms with Crippen LogP contribution in [0, 0.1) is 11.8 Å². The molecular weight excluding hydrogens is 556 g/mol. The van der Waals surface area contributed by atoms with E-state index >= 15 is 0 Å². The topological polar surface area (TPSA) is 8.17 Å². The molecule has 0 radical (unpaired) electrons. The van der Waals surface area contributed by atoms with Crippen LogP contribution >= 0.6 is 0 Å². The Labute approximate surface area is 269 Å². The molecule has 0 saturated carbocycles. The second-order valence-electron chi connectivity index (χ2n) is 12.2. The molecule has 0 spiro atoms. The first-order chi connectivity index (χ1) is 22.8. The van der Waals surface area contributed by atoms with Crippen molar-refractivity contribution in [1.29, 1.82) is 0 Å². The van der Waals surface area contributed by atoms with Crippen LogP contribution in [0.25, 0.3) is 43.8 Å². The maximum Gasteiger partial charge on any atom is 0.0547 e. The Bertz CT molecular complexity index is 2350. The van der Waals surface area contributed by atoms with E-state index in [-0.39, 0.29) is 0 Å². The quantitative estimate of drug-likeness (QED) is 0.194. The van der Waals surface area contributed by atoms with Gasteiger partial charge in [-0.3, -0.25) is 0 Å². The number of hydrogen-bond acceptors (Lipinski definition) is 1. The lowest BCUT2D eigenvalue weighted by Crippen LogP contribution is -2.15. The monoisotopic (exact) mass is 588 g/mol. The van der Waals surface area contributed by atoms with Gasteiger partial charge in [-0.05, 0) is 88.6 Å². The highest BCUT2D eigenvalue weighted by atomic mass is 15.1. The number of para-hydroxylation sites is 2. The van der Waals surface area contributed by atoms with E-state index in [1.807, 2.05) is 0 Å². The minimum atomic E-state index is 0.387. The number of anilines is 3. The third-order valence-electron chi connectivity index (χ3n) is 9.53. The van der Waals surface area contributed by atoms with Gasteiger partial charge in [-0.1, -0.05) is 115 Å². The first-order valence-electron chi connectivity index (χ1n) is 16.0. The van der Waals surface area contributed by atoms with E-state index in [9.17, 15) is 0 Å². The van der Waals surface area contributed by atoms with E-state index in [1.165, 1.54) is 43.7 Å².